The van der Waals surface area contributed by atoms with Crippen molar-refractivity contribution in [2.75, 3.05) is 26.2 Å². The average Bonchev–Trinajstić information content (AvgIpc) is 2.50. The van der Waals surface area contributed by atoms with Crippen LogP contribution < -0.4 is 10.1 Å². The summed E-state index contributed by atoms with van der Waals surface area (Å²) in [7, 11) is 0. The Labute approximate surface area is 136 Å². The molecule has 2 saturated heterocycles. The Bertz CT molecular complexity index is 650. The molecular weight excluding hydrogens is 327 g/mol. The fraction of sp³-hybridized carbons (Fsp3) is 0.467. The molecule has 0 aliphatic carbocycles. The molecule has 2 amide bonds. The number of rotatable bonds is 3. The number of nitrogens with one attached hydrogen (secondary N) is 1. The van der Waals surface area contributed by atoms with E-state index >= 15 is 0 Å². The molecule has 2 aliphatic rings. The summed E-state index contributed by atoms with van der Waals surface area (Å²) in [5, 5.41) is 2.55. The van der Waals surface area contributed by atoms with Crippen LogP contribution in [0.3, 0.4) is 0 Å². The number of carbonyl (C=O) groups is 2. The largest absolute Gasteiger partial charge is 0.573 e. The average molecular weight is 343 g/mol. The van der Waals surface area contributed by atoms with Crippen molar-refractivity contribution in [3.05, 3.63) is 29.8 Å². The number of fused-ring (bicyclic) bond motifs is 1. The summed E-state index contributed by atoms with van der Waals surface area (Å²) >= 11 is 0. The smallest absolute Gasteiger partial charge is 0.406 e. The van der Waals surface area contributed by atoms with Crippen LogP contribution in [0.1, 0.15) is 5.56 Å². The van der Waals surface area contributed by atoms with Gasteiger partial charge in [0.25, 0.3) is 0 Å². The maximum Gasteiger partial charge on any atom is 0.573 e. The summed E-state index contributed by atoms with van der Waals surface area (Å²) in [6.45, 7) is 2.37. The van der Waals surface area contributed by atoms with Crippen molar-refractivity contribution in [2.24, 2.45) is 0 Å². The van der Waals surface area contributed by atoms with Crippen LogP contribution in [0.25, 0.3) is 0 Å². The van der Waals surface area contributed by atoms with Crippen molar-refractivity contribution >= 4 is 11.8 Å². The van der Waals surface area contributed by atoms with Crippen LogP contribution in [0.5, 0.6) is 5.75 Å². The van der Waals surface area contributed by atoms with Crippen LogP contribution in [0, 0.1) is 0 Å². The third-order valence-electron chi connectivity index (χ3n) is 4.06. The van der Waals surface area contributed by atoms with Crippen molar-refractivity contribution in [1.29, 1.82) is 0 Å². The number of ether oxygens (including phenoxy) is 1. The van der Waals surface area contributed by atoms with Gasteiger partial charge in [-0.2, -0.15) is 0 Å². The first-order valence-electron chi connectivity index (χ1n) is 7.48. The summed E-state index contributed by atoms with van der Waals surface area (Å²) < 4.78 is 40.8. The van der Waals surface area contributed by atoms with E-state index in [1.807, 2.05) is 4.90 Å². The van der Waals surface area contributed by atoms with Crippen LogP contribution >= 0.6 is 0 Å². The number of halogens is 3. The van der Waals surface area contributed by atoms with Crippen molar-refractivity contribution in [2.45, 2.75) is 18.9 Å². The van der Waals surface area contributed by atoms with Gasteiger partial charge in [-0.25, -0.2) is 0 Å². The first-order valence-corrected chi connectivity index (χ1v) is 7.48. The van der Waals surface area contributed by atoms with E-state index in [2.05, 4.69) is 10.1 Å². The normalized spacial score (nSPS) is 22.1. The lowest BCUT2D eigenvalue weighted by molar-refractivity contribution is -0.274. The first-order chi connectivity index (χ1) is 11.3. The molecule has 1 atom stereocenters. The molecule has 24 heavy (non-hydrogen) atoms. The van der Waals surface area contributed by atoms with Gasteiger partial charge in [-0.1, -0.05) is 12.1 Å². The highest BCUT2D eigenvalue weighted by molar-refractivity contribution is 6.35. The van der Waals surface area contributed by atoms with Gasteiger partial charge in [0.05, 0.1) is 6.04 Å². The third-order valence-corrected chi connectivity index (χ3v) is 4.06. The Hall–Kier alpha value is -2.29. The number of benzene rings is 1. The van der Waals surface area contributed by atoms with E-state index in [1.54, 1.807) is 11.0 Å². The van der Waals surface area contributed by atoms with Gasteiger partial charge in [0, 0.05) is 32.7 Å². The standard InChI is InChI=1S/C15H16F3N3O3/c16-15(17,18)24-12-3-1-2-10(6-12)8-20-4-5-21-11(9-20)7-19-13(22)14(21)23/h1-3,6,11H,4-5,7-9H2,(H,19,22)/t11-/m0/s1. The maximum atomic E-state index is 12.3. The highest BCUT2D eigenvalue weighted by Crippen LogP contribution is 2.24. The van der Waals surface area contributed by atoms with Gasteiger partial charge < -0.3 is 15.0 Å². The number of alkyl halides is 3. The minimum atomic E-state index is -4.72. The van der Waals surface area contributed by atoms with Gasteiger partial charge >= 0.3 is 18.2 Å². The second kappa shape index (κ2) is 6.31. The molecule has 1 aromatic rings. The van der Waals surface area contributed by atoms with Gasteiger partial charge in [-0.3, -0.25) is 14.5 Å². The minimum Gasteiger partial charge on any atom is -0.406 e. The molecule has 0 bridgehead atoms. The zero-order valence-electron chi connectivity index (χ0n) is 12.7. The molecule has 0 radical (unpaired) electrons. The SMILES string of the molecule is O=C1NC[C@H]2CN(Cc3cccc(OC(F)(F)F)c3)CCN2C1=O. The molecule has 0 aromatic heterocycles. The van der Waals surface area contributed by atoms with Crippen molar-refractivity contribution in [3.63, 3.8) is 0 Å². The number of amides is 2. The zero-order chi connectivity index (χ0) is 17.3. The lowest BCUT2D eigenvalue weighted by Gasteiger charge is -2.43. The van der Waals surface area contributed by atoms with E-state index in [0.29, 0.717) is 38.3 Å². The van der Waals surface area contributed by atoms with Gasteiger partial charge in [0.2, 0.25) is 0 Å². The van der Waals surface area contributed by atoms with Gasteiger partial charge in [-0.15, -0.1) is 13.2 Å². The van der Waals surface area contributed by atoms with E-state index in [4.69, 9.17) is 0 Å². The molecule has 6 nitrogen and oxygen atoms in total. The number of hydrogen-bond donors (Lipinski definition) is 1. The predicted molar refractivity (Wildman–Crippen MR) is 76.9 cm³/mol. The Morgan fingerprint density at radius 1 is 1.25 bits per heavy atom. The summed E-state index contributed by atoms with van der Waals surface area (Å²) in [4.78, 5) is 26.7. The van der Waals surface area contributed by atoms with Crippen LogP contribution in [-0.2, 0) is 16.1 Å². The van der Waals surface area contributed by atoms with Crippen LogP contribution in [0.15, 0.2) is 24.3 Å². The predicted octanol–water partition coefficient (Wildman–Crippen LogP) is 0.728. The fourth-order valence-corrected chi connectivity index (χ4v) is 3.02. The van der Waals surface area contributed by atoms with Crippen LogP contribution in [0.2, 0.25) is 0 Å². The Balaban J connectivity index is 1.62. The van der Waals surface area contributed by atoms with Crippen LogP contribution in [0.4, 0.5) is 13.2 Å². The number of nitrogens with zero attached hydrogens (tertiary/aromatic N) is 2. The van der Waals surface area contributed by atoms with Gasteiger partial charge in [-0.05, 0) is 17.7 Å². The molecular formula is C15H16F3N3O3. The monoisotopic (exact) mass is 343 g/mol. The maximum absolute atomic E-state index is 12.3. The Kier molecular flexibility index (Phi) is 4.35. The number of piperazine rings is 2. The van der Waals surface area contributed by atoms with E-state index < -0.39 is 18.2 Å². The van der Waals surface area contributed by atoms with E-state index in [1.165, 1.54) is 18.2 Å². The lowest BCUT2D eigenvalue weighted by atomic mass is 10.1. The molecule has 2 heterocycles. The molecule has 0 saturated carbocycles. The second-order valence-corrected chi connectivity index (χ2v) is 5.79. The molecule has 9 heteroatoms. The Morgan fingerprint density at radius 2 is 2.04 bits per heavy atom. The quantitative estimate of drug-likeness (QED) is 0.822. The Morgan fingerprint density at radius 3 is 2.79 bits per heavy atom. The van der Waals surface area contributed by atoms with Crippen molar-refractivity contribution in [1.82, 2.24) is 15.1 Å². The minimum absolute atomic E-state index is 0.112. The topological polar surface area (TPSA) is 61.9 Å². The molecule has 2 fully saturated rings. The molecule has 2 aliphatic heterocycles. The molecule has 1 aromatic carbocycles. The summed E-state index contributed by atoms with van der Waals surface area (Å²) in [5.41, 5.74) is 0.691. The van der Waals surface area contributed by atoms with E-state index in [0.717, 1.165) is 0 Å². The zero-order valence-corrected chi connectivity index (χ0v) is 12.7. The third kappa shape index (κ3) is 3.78. The van der Waals surface area contributed by atoms with E-state index in [-0.39, 0.29) is 11.8 Å². The van der Waals surface area contributed by atoms with Gasteiger partial charge in [0.1, 0.15) is 5.75 Å². The number of hydrogen-bond acceptors (Lipinski definition) is 4. The first kappa shape index (κ1) is 16.6. The molecule has 1 N–H and O–H groups in total. The molecule has 0 spiro atoms. The summed E-state index contributed by atoms with van der Waals surface area (Å²) in [6, 6.07) is 5.73. The molecule has 0 unspecified atom stereocenters. The highest BCUT2D eigenvalue weighted by atomic mass is 19.4. The van der Waals surface area contributed by atoms with Crippen molar-refractivity contribution < 1.29 is 27.5 Å². The molecule has 3 rings (SSSR count). The second-order valence-electron chi connectivity index (χ2n) is 5.79. The lowest BCUT2D eigenvalue weighted by Crippen LogP contribution is -2.65. The van der Waals surface area contributed by atoms with Crippen molar-refractivity contribution in [3.8, 4) is 5.75 Å². The summed E-state index contributed by atoms with van der Waals surface area (Å²) in [5.74, 6) is -1.36. The number of carbonyl (C=O) groups excluding carboxylic acids is 2. The molecule has 130 valence electrons. The van der Waals surface area contributed by atoms with Gasteiger partial charge in [0.15, 0.2) is 0 Å². The highest BCUT2D eigenvalue weighted by Gasteiger charge is 2.37. The van der Waals surface area contributed by atoms with Crippen LogP contribution in [-0.4, -0.2) is 60.2 Å². The summed E-state index contributed by atoms with van der Waals surface area (Å²) in [6.07, 6.45) is -4.72. The fourth-order valence-electron chi connectivity index (χ4n) is 3.02. The van der Waals surface area contributed by atoms with E-state index in [9.17, 15) is 22.8 Å².